The molecule has 0 aliphatic carbocycles. The van der Waals surface area contributed by atoms with Crippen LogP contribution in [0.3, 0.4) is 0 Å². The lowest BCUT2D eigenvalue weighted by Gasteiger charge is -1.94. The summed E-state index contributed by atoms with van der Waals surface area (Å²) in [4.78, 5) is 7.99. The molecule has 2 heterocycles. The molecule has 3 N–H and O–H groups in total. The number of aromatic nitrogens is 3. The molecule has 0 aliphatic rings. The van der Waals surface area contributed by atoms with E-state index in [4.69, 9.17) is 15.4 Å². The highest BCUT2D eigenvalue weighted by Crippen LogP contribution is 2.17. The lowest BCUT2D eigenvalue weighted by molar-refractivity contribution is 0.293. The van der Waals surface area contributed by atoms with Gasteiger partial charge in [-0.2, -0.15) is 4.98 Å². The molecule has 0 saturated heterocycles. The van der Waals surface area contributed by atoms with E-state index in [-0.39, 0.29) is 6.61 Å². The highest BCUT2D eigenvalue weighted by atomic mass is 16.5. The quantitative estimate of drug-likeness (QED) is 0.746. The van der Waals surface area contributed by atoms with Crippen molar-refractivity contribution in [2.24, 2.45) is 0 Å². The topological polar surface area (TPSA) is 98.1 Å². The molecule has 78 valence electrons. The molecule has 0 atom stereocenters. The van der Waals surface area contributed by atoms with Crippen molar-refractivity contribution in [1.82, 2.24) is 15.1 Å². The molecular formula is C9H10N4O2. The Bertz CT molecular complexity index is 455. The van der Waals surface area contributed by atoms with E-state index in [9.17, 15) is 0 Å². The first kappa shape index (κ1) is 9.60. The second-order valence-corrected chi connectivity index (χ2v) is 3.00. The molecule has 2 aromatic heterocycles. The Kier molecular flexibility index (Phi) is 2.59. The second kappa shape index (κ2) is 4.05. The molecule has 6 nitrogen and oxygen atoms in total. The standard InChI is InChI=1S/C9H10N4O2/c10-7-3-6(4-11-5-7)9-12-8(1-2-14)13-15-9/h3-5,14H,1-2,10H2. The molecule has 6 heteroatoms. The van der Waals surface area contributed by atoms with E-state index in [1.54, 1.807) is 12.3 Å². The van der Waals surface area contributed by atoms with Crippen molar-refractivity contribution >= 4 is 5.69 Å². The summed E-state index contributed by atoms with van der Waals surface area (Å²) >= 11 is 0. The lowest BCUT2D eigenvalue weighted by Crippen LogP contribution is -1.92. The highest BCUT2D eigenvalue weighted by Gasteiger charge is 2.08. The van der Waals surface area contributed by atoms with E-state index in [0.29, 0.717) is 29.4 Å². The molecule has 0 spiro atoms. The predicted octanol–water partition coefficient (Wildman–Crippen LogP) is 0.249. The van der Waals surface area contributed by atoms with Gasteiger partial charge in [0.2, 0.25) is 0 Å². The van der Waals surface area contributed by atoms with Crippen molar-refractivity contribution in [3.05, 3.63) is 24.3 Å². The van der Waals surface area contributed by atoms with E-state index in [1.165, 1.54) is 6.20 Å². The zero-order chi connectivity index (χ0) is 10.7. The lowest BCUT2D eigenvalue weighted by atomic mass is 10.2. The molecule has 2 aromatic rings. The van der Waals surface area contributed by atoms with Crippen molar-refractivity contribution in [3.63, 3.8) is 0 Å². The van der Waals surface area contributed by atoms with Gasteiger partial charge in [-0.15, -0.1) is 0 Å². The van der Waals surface area contributed by atoms with Crippen LogP contribution in [0.5, 0.6) is 0 Å². The Morgan fingerprint density at radius 2 is 2.27 bits per heavy atom. The van der Waals surface area contributed by atoms with Crippen molar-refractivity contribution in [3.8, 4) is 11.5 Å². The van der Waals surface area contributed by atoms with Gasteiger partial charge in [0.15, 0.2) is 5.82 Å². The summed E-state index contributed by atoms with van der Waals surface area (Å²) in [5.41, 5.74) is 6.78. The maximum Gasteiger partial charge on any atom is 0.259 e. The van der Waals surface area contributed by atoms with E-state index in [1.807, 2.05) is 0 Å². The molecule has 0 fully saturated rings. The van der Waals surface area contributed by atoms with E-state index in [2.05, 4.69) is 15.1 Å². The number of anilines is 1. The Morgan fingerprint density at radius 1 is 1.40 bits per heavy atom. The fourth-order valence-electron chi connectivity index (χ4n) is 1.15. The average Bonchev–Trinajstić information content (AvgIpc) is 2.67. The summed E-state index contributed by atoms with van der Waals surface area (Å²) in [6.45, 7) is -0.00580. The second-order valence-electron chi connectivity index (χ2n) is 3.00. The van der Waals surface area contributed by atoms with Crippen LogP contribution in [-0.4, -0.2) is 26.8 Å². The van der Waals surface area contributed by atoms with Crippen molar-refractivity contribution < 1.29 is 9.63 Å². The molecule has 0 saturated carbocycles. The first-order chi connectivity index (χ1) is 7.29. The van der Waals surface area contributed by atoms with Crippen LogP contribution in [-0.2, 0) is 6.42 Å². The minimum Gasteiger partial charge on any atom is -0.397 e. The summed E-state index contributed by atoms with van der Waals surface area (Å²) < 4.78 is 4.99. The van der Waals surface area contributed by atoms with Gasteiger partial charge in [0.1, 0.15) is 0 Å². The molecule has 0 amide bonds. The average molecular weight is 206 g/mol. The van der Waals surface area contributed by atoms with Gasteiger partial charge >= 0.3 is 0 Å². The van der Waals surface area contributed by atoms with Crippen molar-refractivity contribution in [2.75, 3.05) is 12.3 Å². The van der Waals surface area contributed by atoms with Crippen LogP contribution in [0.1, 0.15) is 5.82 Å². The van der Waals surface area contributed by atoms with Crippen molar-refractivity contribution in [2.45, 2.75) is 6.42 Å². The predicted molar refractivity (Wildman–Crippen MR) is 52.7 cm³/mol. The summed E-state index contributed by atoms with van der Waals surface area (Å²) in [6.07, 6.45) is 3.50. The zero-order valence-corrected chi connectivity index (χ0v) is 7.92. The molecule has 0 radical (unpaired) electrons. The molecule has 0 bridgehead atoms. The summed E-state index contributed by atoms with van der Waals surface area (Å²) in [6, 6.07) is 1.70. The number of hydrogen-bond donors (Lipinski definition) is 2. The van der Waals surface area contributed by atoms with Crippen LogP contribution in [0.25, 0.3) is 11.5 Å². The number of pyridine rings is 1. The van der Waals surface area contributed by atoms with Crippen LogP contribution >= 0.6 is 0 Å². The van der Waals surface area contributed by atoms with E-state index < -0.39 is 0 Å². The Labute approximate surface area is 85.8 Å². The smallest absolute Gasteiger partial charge is 0.259 e. The maximum atomic E-state index is 8.69. The SMILES string of the molecule is Nc1cncc(-c2nc(CCO)no2)c1. The highest BCUT2D eigenvalue weighted by molar-refractivity contribution is 5.57. The summed E-state index contributed by atoms with van der Waals surface area (Å²) in [7, 11) is 0. The number of nitrogen functional groups attached to an aromatic ring is 1. The fourth-order valence-corrected chi connectivity index (χ4v) is 1.15. The number of aliphatic hydroxyl groups excluding tert-OH is 1. The Morgan fingerprint density at radius 3 is 3.00 bits per heavy atom. The van der Waals surface area contributed by atoms with Gasteiger partial charge in [-0.05, 0) is 6.07 Å². The molecule has 0 aliphatic heterocycles. The number of nitrogens with two attached hydrogens (primary N) is 1. The minimum atomic E-state index is -0.00580. The normalized spacial score (nSPS) is 10.5. The maximum absolute atomic E-state index is 8.69. The summed E-state index contributed by atoms with van der Waals surface area (Å²) in [5, 5.41) is 12.4. The van der Waals surface area contributed by atoms with Gasteiger partial charge in [-0.1, -0.05) is 5.16 Å². The van der Waals surface area contributed by atoms with Crippen LogP contribution in [0.2, 0.25) is 0 Å². The van der Waals surface area contributed by atoms with E-state index >= 15 is 0 Å². The molecular weight excluding hydrogens is 196 g/mol. The van der Waals surface area contributed by atoms with Crippen molar-refractivity contribution in [1.29, 1.82) is 0 Å². The van der Waals surface area contributed by atoms with Gasteiger partial charge in [0.25, 0.3) is 5.89 Å². The molecule has 0 unspecified atom stereocenters. The molecule has 2 rings (SSSR count). The summed E-state index contributed by atoms with van der Waals surface area (Å²) in [5.74, 6) is 0.827. The Balaban J connectivity index is 2.29. The van der Waals surface area contributed by atoms with Crippen LogP contribution < -0.4 is 5.73 Å². The number of hydrogen-bond acceptors (Lipinski definition) is 6. The molecule has 0 aromatic carbocycles. The van der Waals surface area contributed by atoms with Crippen LogP contribution in [0.15, 0.2) is 23.0 Å². The van der Waals surface area contributed by atoms with Gasteiger partial charge < -0.3 is 15.4 Å². The number of rotatable bonds is 3. The van der Waals surface area contributed by atoms with Crippen LogP contribution in [0.4, 0.5) is 5.69 Å². The zero-order valence-electron chi connectivity index (χ0n) is 7.92. The third-order valence-corrected chi connectivity index (χ3v) is 1.81. The van der Waals surface area contributed by atoms with Gasteiger partial charge in [-0.3, -0.25) is 4.98 Å². The minimum absolute atomic E-state index is 0.00580. The van der Waals surface area contributed by atoms with Gasteiger partial charge in [0, 0.05) is 18.8 Å². The largest absolute Gasteiger partial charge is 0.397 e. The van der Waals surface area contributed by atoms with Gasteiger partial charge in [-0.25, -0.2) is 0 Å². The van der Waals surface area contributed by atoms with Gasteiger partial charge in [0.05, 0.1) is 17.9 Å². The molecule has 15 heavy (non-hydrogen) atoms. The third kappa shape index (κ3) is 2.10. The Hall–Kier alpha value is -1.95. The first-order valence-corrected chi connectivity index (χ1v) is 4.44. The van der Waals surface area contributed by atoms with E-state index in [0.717, 1.165) is 0 Å². The fraction of sp³-hybridized carbons (Fsp3) is 0.222. The monoisotopic (exact) mass is 206 g/mol. The number of nitrogens with zero attached hydrogens (tertiary/aromatic N) is 3. The third-order valence-electron chi connectivity index (χ3n) is 1.81. The first-order valence-electron chi connectivity index (χ1n) is 4.44. The van der Waals surface area contributed by atoms with Crippen LogP contribution in [0, 0.1) is 0 Å². The number of aliphatic hydroxyl groups is 1.